The van der Waals surface area contributed by atoms with Gasteiger partial charge in [-0.1, -0.05) is 25.4 Å². The predicted molar refractivity (Wildman–Crippen MR) is 82.7 cm³/mol. The molecule has 7 heteroatoms. The summed E-state index contributed by atoms with van der Waals surface area (Å²) in [6.45, 7) is 4.06. The van der Waals surface area contributed by atoms with Crippen LogP contribution in [0, 0.1) is 5.92 Å². The van der Waals surface area contributed by atoms with Crippen molar-refractivity contribution in [1.29, 1.82) is 0 Å². The van der Waals surface area contributed by atoms with Gasteiger partial charge in [-0.15, -0.1) is 11.3 Å². The molecular formula is C15H15ClF3NOS. The average Bonchev–Trinajstić information content (AvgIpc) is 2.77. The Labute approximate surface area is 135 Å². The van der Waals surface area contributed by atoms with Crippen LogP contribution in [-0.2, 0) is 12.6 Å². The number of hydrogen-bond donors (Lipinski definition) is 0. The zero-order valence-corrected chi connectivity index (χ0v) is 13.9. The highest BCUT2D eigenvalue weighted by Gasteiger charge is 2.32. The number of alkyl halides is 3. The topological polar surface area (TPSA) is 22.1 Å². The normalized spacial score (nSPS) is 12.0. The highest BCUT2D eigenvalue weighted by molar-refractivity contribution is 7.16. The first kappa shape index (κ1) is 17.1. The van der Waals surface area contributed by atoms with Crippen molar-refractivity contribution in [3.8, 4) is 17.0 Å². The van der Waals surface area contributed by atoms with E-state index in [0.29, 0.717) is 28.1 Å². The molecule has 2 nitrogen and oxygen atoms in total. The molecule has 0 radical (unpaired) electrons. The van der Waals surface area contributed by atoms with E-state index in [2.05, 4.69) is 4.98 Å². The molecule has 1 aromatic carbocycles. The lowest BCUT2D eigenvalue weighted by molar-refractivity contribution is -0.137. The molecule has 0 amide bonds. The first-order valence-electron chi connectivity index (χ1n) is 6.62. The van der Waals surface area contributed by atoms with E-state index in [1.165, 1.54) is 18.4 Å². The van der Waals surface area contributed by atoms with Gasteiger partial charge in [0.1, 0.15) is 5.75 Å². The van der Waals surface area contributed by atoms with E-state index in [1.54, 1.807) is 6.07 Å². The maximum absolute atomic E-state index is 13.0. The van der Waals surface area contributed by atoms with E-state index >= 15 is 0 Å². The van der Waals surface area contributed by atoms with E-state index in [-0.39, 0.29) is 5.75 Å². The molecule has 22 heavy (non-hydrogen) atoms. The Kier molecular flexibility index (Phi) is 5.02. The fraction of sp³-hybridized carbons (Fsp3) is 0.400. The smallest absolute Gasteiger partial charge is 0.416 e. The molecule has 0 fully saturated rings. The number of aromatic nitrogens is 1. The van der Waals surface area contributed by atoms with E-state index < -0.39 is 11.7 Å². The molecule has 2 aromatic rings. The Balaban J connectivity index is 2.57. The van der Waals surface area contributed by atoms with Crippen LogP contribution in [0.4, 0.5) is 13.2 Å². The summed E-state index contributed by atoms with van der Waals surface area (Å²) in [4.78, 5) is 5.07. The Morgan fingerprint density at radius 1 is 1.27 bits per heavy atom. The van der Waals surface area contributed by atoms with Gasteiger partial charge in [-0.25, -0.2) is 4.98 Å². The Morgan fingerprint density at radius 3 is 2.50 bits per heavy atom. The van der Waals surface area contributed by atoms with Crippen LogP contribution in [0.25, 0.3) is 11.3 Å². The lowest BCUT2D eigenvalue weighted by Crippen LogP contribution is -2.06. The number of hydrogen-bond acceptors (Lipinski definition) is 3. The highest BCUT2D eigenvalue weighted by Crippen LogP contribution is 2.38. The van der Waals surface area contributed by atoms with Crippen molar-refractivity contribution in [3.05, 3.63) is 33.1 Å². The van der Waals surface area contributed by atoms with Gasteiger partial charge in [-0.2, -0.15) is 13.2 Å². The van der Waals surface area contributed by atoms with E-state index in [4.69, 9.17) is 16.3 Å². The second-order valence-electron chi connectivity index (χ2n) is 5.28. The summed E-state index contributed by atoms with van der Waals surface area (Å²) < 4.78 is 44.4. The Hall–Kier alpha value is -1.27. The molecule has 120 valence electrons. The lowest BCUT2D eigenvalue weighted by atomic mass is 10.0. The standard InChI is InChI=1S/C15H15ClF3NOS/c1-8(2)4-12-13(20-14(16)22-12)9-5-10(15(17,18)19)7-11(6-9)21-3/h5-8H,4H2,1-3H3. The second-order valence-corrected chi connectivity index (χ2v) is 6.95. The number of nitrogens with zero attached hydrogens (tertiary/aromatic N) is 1. The number of thiazole rings is 1. The fourth-order valence-corrected chi connectivity index (χ4v) is 3.46. The van der Waals surface area contributed by atoms with Crippen LogP contribution in [0.15, 0.2) is 18.2 Å². The molecule has 0 aliphatic rings. The maximum Gasteiger partial charge on any atom is 0.416 e. The first-order chi connectivity index (χ1) is 10.2. The monoisotopic (exact) mass is 349 g/mol. The third-order valence-electron chi connectivity index (χ3n) is 3.01. The van der Waals surface area contributed by atoms with Crippen LogP contribution in [-0.4, -0.2) is 12.1 Å². The van der Waals surface area contributed by atoms with Crippen molar-refractivity contribution >= 4 is 22.9 Å². The van der Waals surface area contributed by atoms with Gasteiger partial charge in [0.25, 0.3) is 0 Å². The van der Waals surface area contributed by atoms with Crippen LogP contribution in [0.2, 0.25) is 4.47 Å². The Morgan fingerprint density at radius 2 is 1.95 bits per heavy atom. The predicted octanol–water partition coefficient (Wildman–Crippen LogP) is 5.69. The SMILES string of the molecule is COc1cc(-c2nc(Cl)sc2CC(C)C)cc(C(F)(F)F)c1. The van der Waals surface area contributed by atoms with Gasteiger partial charge in [-0.05, 0) is 30.5 Å². The van der Waals surface area contributed by atoms with Gasteiger partial charge in [0.15, 0.2) is 4.47 Å². The molecular weight excluding hydrogens is 335 g/mol. The summed E-state index contributed by atoms with van der Waals surface area (Å²) in [5.41, 5.74) is 0.0973. The number of methoxy groups -OCH3 is 1. The zero-order chi connectivity index (χ0) is 16.5. The molecule has 2 rings (SSSR count). The van der Waals surface area contributed by atoms with Crippen LogP contribution >= 0.6 is 22.9 Å². The number of ether oxygens (including phenoxy) is 1. The van der Waals surface area contributed by atoms with Crippen LogP contribution in [0.3, 0.4) is 0 Å². The minimum absolute atomic E-state index is 0.143. The van der Waals surface area contributed by atoms with Gasteiger partial charge in [0, 0.05) is 10.4 Å². The number of halogens is 4. The molecule has 0 aliphatic carbocycles. The van der Waals surface area contributed by atoms with Crippen molar-refractivity contribution in [1.82, 2.24) is 4.98 Å². The van der Waals surface area contributed by atoms with Crippen LogP contribution in [0.1, 0.15) is 24.3 Å². The van der Waals surface area contributed by atoms with Crippen molar-refractivity contribution in [2.75, 3.05) is 7.11 Å². The molecule has 0 spiro atoms. The molecule has 0 saturated carbocycles. The van der Waals surface area contributed by atoms with E-state index in [1.807, 2.05) is 13.8 Å². The quantitative estimate of drug-likeness (QED) is 0.707. The first-order valence-corrected chi connectivity index (χ1v) is 7.82. The van der Waals surface area contributed by atoms with E-state index in [0.717, 1.165) is 17.0 Å². The lowest BCUT2D eigenvalue weighted by Gasteiger charge is -2.12. The molecule has 0 aliphatic heterocycles. The molecule has 1 heterocycles. The molecule has 0 bridgehead atoms. The molecule has 0 N–H and O–H groups in total. The van der Waals surface area contributed by atoms with Crippen LogP contribution < -0.4 is 4.74 Å². The van der Waals surface area contributed by atoms with Gasteiger partial charge in [0.2, 0.25) is 0 Å². The highest BCUT2D eigenvalue weighted by atomic mass is 35.5. The molecule has 0 saturated heterocycles. The second kappa shape index (κ2) is 6.46. The molecule has 0 atom stereocenters. The minimum atomic E-state index is -4.44. The molecule has 0 unspecified atom stereocenters. The largest absolute Gasteiger partial charge is 0.497 e. The number of benzene rings is 1. The summed E-state index contributed by atoms with van der Waals surface area (Å²) in [6, 6.07) is 3.60. The number of rotatable bonds is 4. The summed E-state index contributed by atoms with van der Waals surface area (Å²) in [5.74, 6) is 0.493. The Bertz CT molecular complexity index is 667. The summed E-state index contributed by atoms with van der Waals surface area (Å²) in [6.07, 6.45) is -3.74. The third kappa shape index (κ3) is 3.93. The molecule has 1 aromatic heterocycles. The van der Waals surface area contributed by atoms with Gasteiger partial charge in [0.05, 0.1) is 18.4 Å². The van der Waals surface area contributed by atoms with Gasteiger partial charge >= 0.3 is 6.18 Å². The van der Waals surface area contributed by atoms with Gasteiger partial charge < -0.3 is 4.74 Å². The van der Waals surface area contributed by atoms with Crippen molar-refractivity contribution in [3.63, 3.8) is 0 Å². The van der Waals surface area contributed by atoms with Gasteiger partial charge in [-0.3, -0.25) is 0 Å². The van der Waals surface area contributed by atoms with Crippen molar-refractivity contribution in [2.45, 2.75) is 26.4 Å². The summed E-state index contributed by atoms with van der Waals surface area (Å²) >= 11 is 7.25. The van der Waals surface area contributed by atoms with Crippen molar-refractivity contribution in [2.24, 2.45) is 5.92 Å². The summed E-state index contributed by atoms with van der Waals surface area (Å²) in [7, 11) is 1.34. The zero-order valence-electron chi connectivity index (χ0n) is 12.3. The summed E-state index contributed by atoms with van der Waals surface area (Å²) in [5, 5.41) is 0. The van der Waals surface area contributed by atoms with Crippen LogP contribution in [0.5, 0.6) is 5.75 Å². The average molecular weight is 350 g/mol. The maximum atomic E-state index is 13.0. The van der Waals surface area contributed by atoms with Crippen molar-refractivity contribution < 1.29 is 17.9 Å². The minimum Gasteiger partial charge on any atom is -0.497 e. The fourth-order valence-electron chi connectivity index (χ4n) is 2.08. The van der Waals surface area contributed by atoms with E-state index in [9.17, 15) is 13.2 Å². The third-order valence-corrected chi connectivity index (χ3v) is 4.19.